The molecule has 108 valence electrons. The van der Waals surface area contributed by atoms with E-state index in [2.05, 4.69) is 15.5 Å². The van der Waals surface area contributed by atoms with Gasteiger partial charge in [0, 0.05) is 5.56 Å². The maximum absolute atomic E-state index is 13.7. The van der Waals surface area contributed by atoms with Gasteiger partial charge >= 0.3 is 0 Å². The van der Waals surface area contributed by atoms with Crippen molar-refractivity contribution >= 4 is 0 Å². The maximum Gasteiger partial charge on any atom is 0.247 e. The molecule has 1 aromatic heterocycles. The van der Waals surface area contributed by atoms with Gasteiger partial charge in [0.1, 0.15) is 0 Å². The number of methoxy groups -OCH3 is 1. The van der Waals surface area contributed by atoms with Crippen molar-refractivity contribution in [2.24, 2.45) is 0 Å². The van der Waals surface area contributed by atoms with Crippen LogP contribution >= 0.6 is 0 Å². The number of nitrogens with zero attached hydrogens (tertiary/aromatic N) is 2. The Morgan fingerprint density at radius 3 is 2.75 bits per heavy atom. The molecule has 0 fully saturated rings. The summed E-state index contributed by atoms with van der Waals surface area (Å²) in [6.07, 6.45) is 0.840. The van der Waals surface area contributed by atoms with Gasteiger partial charge in [-0.05, 0) is 31.2 Å². The Balaban J connectivity index is 2.26. The molecule has 1 atom stereocenters. The summed E-state index contributed by atoms with van der Waals surface area (Å²) in [5.41, 5.74) is 0.536. The third-order valence-corrected chi connectivity index (χ3v) is 3.00. The van der Waals surface area contributed by atoms with Crippen LogP contribution in [0.2, 0.25) is 0 Å². The highest BCUT2D eigenvalue weighted by molar-refractivity contribution is 5.54. The van der Waals surface area contributed by atoms with E-state index in [-0.39, 0.29) is 11.8 Å². The smallest absolute Gasteiger partial charge is 0.247 e. The monoisotopic (exact) mass is 279 g/mol. The summed E-state index contributed by atoms with van der Waals surface area (Å²) in [5.74, 6) is 0.550. The Hall–Kier alpha value is -1.95. The van der Waals surface area contributed by atoms with E-state index >= 15 is 0 Å². The van der Waals surface area contributed by atoms with Crippen LogP contribution in [0.3, 0.4) is 0 Å². The summed E-state index contributed by atoms with van der Waals surface area (Å²) in [6.45, 7) is 4.86. The molecule has 0 spiro atoms. The molecular weight excluding hydrogens is 261 g/mol. The first-order chi connectivity index (χ1) is 9.69. The molecule has 0 saturated heterocycles. The van der Waals surface area contributed by atoms with Gasteiger partial charge in [0.2, 0.25) is 11.8 Å². The summed E-state index contributed by atoms with van der Waals surface area (Å²) >= 11 is 0. The van der Waals surface area contributed by atoms with E-state index in [1.807, 2.05) is 13.8 Å². The summed E-state index contributed by atoms with van der Waals surface area (Å²) in [6, 6.07) is 4.57. The molecule has 1 N–H and O–H groups in total. The topological polar surface area (TPSA) is 60.2 Å². The molecule has 2 aromatic rings. The molecule has 2 rings (SSSR count). The van der Waals surface area contributed by atoms with Crippen molar-refractivity contribution in [1.29, 1.82) is 0 Å². The van der Waals surface area contributed by atoms with Crippen LogP contribution in [-0.2, 0) is 0 Å². The summed E-state index contributed by atoms with van der Waals surface area (Å²) in [7, 11) is 1.42. The molecule has 0 aliphatic carbocycles. The normalized spacial score (nSPS) is 12.4. The molecule has 6 heteroatoms. The van der Waals surface area contributed by atoms with Gasteiger partial charge in [0.25, 0.3) is 0 Å². The molecule has 1 heterocycles. The molecule has 0 bridgehead atoms. The predicted octanol–water partition coefficient (Wildman–Crippen LogP) is 2.94. The van der Waals surface area contributed by atoms with E-state index in [9.17, 15) is 4.39 Å². The number of hydrogen-bond acceptors (Lipinski definition) is 5. The van der Waals surface area contributed by atoms with Gasteiger partial charge in [-0.3, -0.25) is 0 Å². The van der Waals surface area contributed by atoms with Gasteiger partial charge in [-0.1, -0.05) is 13.8 Å². The SMILES string of the molecule is CCNC(CC)c1nnc(-c2ccc(OC)c(F)c2)o1. The molecule has 0 saturated carbocycles. The van der Waals surface area contributed by atoms with Crippen LogP contribution in [0.25, 0.3) is 11.5 Å². The van der Waals surface area contributed by atoms with Crippen LogP contribution in [0.5, 0.6) is 5.75 Å². The fourth-order valence-electron chi connectivity index (χ4n) is 1.94. The van der Waals surface area contributed by atoms with Crippen LogP contribution in [0.4, 0.5) is 4.39 Å². The van der Waals surface area contributed by atoms with Crippen molar-refractivity contribution < 1.29 is 13.5 Å². The van der Waals surface area contributed by atoms with Gasteiger partial charge in [0.05, 0.1) is 13.2 Å². The van der Waals surface area contributed by atoms with Gasteiger partial charge in [-0.2, -0.15) is 0 Å². The zero-order chi connectivity index (χ0) is 14.5. The standard InChI is InChI=1S/C14H18FN3O2/c1-4-11(16-5-2)14-18-17-13(20-14)9-6-7-12(19-3)10(15)8-9/h6-8,11,16H,4-5H2,1-3H3. The number of hydrogen-bond donors (Lipinski definition) is 1. The van der Waals surface area contributed by atoms with Crippen molar-refractivity contribution in [3.05, 3.63) is 29.9 Å². The molecule has 0 amide bonds. The first-order valence-electron chi connectivity index (χ1n) is 6.60. The van der Waals surface area contributed by atoms with Crippen molar-refractivity contribution in [3.8, 4) is 17.2 Å². The molecule has 0 radical (unpaired) electrons. The molecule has 20 heavy (non-hydrogen) atoms. The molecular formula is C14H18FN3O2. The minimum absolute atomic E-state index is 0.0179. The molecule has 5 nitrogen and oxygen atoms in total. The van der Waals surface area contributed by atoms with E-state index < -0.39 is 5.82 Å². The van der Waals surface area contributed by atoms with Gasteiger partial charge in [-0.25, -0.2) is 4.39 Å². The predicted molar refractivity (Wildman–Crippen MR) is 73.0 cm³/mol. The second-order valence-electron chi connectivity index (χ2n) is 4.31. The number of ether oxygens (including phenoxy) is 1. The lowest BCUT2D eigenvalue weighted by atomic mass is 10.2. The Morgan fingerprint density at radius 1 is 1.35 bits per heavy atom. The molecule has 1 unspecified atom stereocenters. The second-order valence-corrected chi connectivity index (χ2v) is 4.31. The fourth-order valence-corrected chi connectivity index (χ4v) is 1.94. The lowest BCUT2D eigenvalue weighted by molar-refractivity contribution is 0.386. The number of nitrogens with one attached hydrogen (secondary N) is 1. The Labute approximate surface area is 117 Å². The lowest BCUT2D eigenvalue weighted by Crippen LogP contribution is -2.20. The van der Waals surface area contributed by atoms with E-state index in [1.54, 1.807) is 6.07 Å². The molecule has 0 aliphatic rings. The number of rotatable bonds is 6. The number of halogens is 1. The Bertz CT molecular complexity index is 571. The van der Waals surface area contributed by atoms with Crippen LogP contribution in [0, 0.1) is 5.82 Å². The zero-order valence-corrected chi connectivity index (χ0v) is 11.8. The molecule has 1 aromatic carbocycles. The lowest BCUT2D eigenvalue weighted by Gasteiger charge is -2.10. The first-order valence-corrected chi connectivity index (χ1v) is 6.60. The zero-order valence-electron chi connectivity index (χ0n) is 11.8. The minimum Gasteiger partial charge on any atom is -0.494 e. The van der Waals surface area contributed by atoms with E-state index in [4.69, 9.17) is 9.15 Å². The van der Waals surface area contributed by atoms with Crippen molar-refractivity contribution in [1.82, 2.24) is 15.5 Å². The van der Waals surface area contributed by atoms with E-state index in [1.165, 1.54) is 19.2 Å². The van der Waals surface area contributed by atoms with E-state index in [0.717, 1.165) is 13.0 Å². The maximum atomic E-state index is 13.7. The van der Waals surface area contributed by atoms with Crippen molar-refractivity contribution in [3.63, 3.8) is 0 Å². The highest BCUT2D eigenvalue weighted by Gasteiger charge is 2.17. The Morgan fingerprint density at radius 2 is 2.15 bits per heavy atom. The number of benzene rings is 1. The average molecular weight is 279 g/mol. The Kier molecular flexibility index (Phi) is 4.68. The summed E-state index contributed by atoms with van der Waals surface area (Å²) in [5, 5.41) is 11.2. The highest BCUT2D eigenvalue weighted by Crippen LogP contribution is 2.26. The number of aromatic nitrogens is 2. The minimum atomic E-state index is -0.455. The summed E-state index contributed by atoms with van der Waals surface area (Å²) in [4.78, 5) is 0. The van der Waals surface area contributed by atoms with E-state index in [0.29, 0.717) is 17.3 Å². The first kappa shape index (κ1) is 14.5. The average Bonchev–Trinajstić information content (AvgIpc) is 2.94. The fraction of sp³-hybridized carbons (Fsp3) is 0.429. The van der Waals surface area contributed by atoms with Crippen LogP contribution < -0.4 is 10.1 Å². The third kappa shape index (κ3) is 2.96. The van der Waals surface area contributed by atoms with Gasteiger partial charge < -0.3 is 14.5 Å². The highest BCUT2D eigenvalue weighted by atomic mass is 19.1. The summed E-state index contributed by atoms with van der Waals surface area (Å²) < 4.78 is 24.1. The van der Waals surface area contributed by atoms with Gasteiger partial charge in [-0.15, -0.1) is 10.2 Å². The molecule has 0 aliphatic heterocycles. The van der Waals surface area contributed by atoms with Crippen molar-refractivity contribution in [2.75, 3.05) is 13.7 Å². The largest absolute Gasteiger partial charge is 0.494 e. The van der Waals surface area contributed by atoms with Crippen LogP contribution in [-0.4, -0.2) is 23.9 Å². The second kappa shape index (κ2) is 6.47. The van der Waals surface area contributed by atoms with Crippen molar-refractivity contribution in [2.45, 2.75) is 26.3 Å². The van der Waals surface area contributed by atoms with Crippen LogP contribution in [0.1, 0.15) is 32.2 Å². The van der Waals surface area contributed by atoms with Crippen LogP contribution in [0.15, 0.2) is 22.6 Å². The third-order valence-electron chi connectivity index (χ3n) is 3.00. The van der Waals surface area contributed by atoms with Gasteiger partial charge in [0.15, 0.2) is 11.6 Å². The quantitative estimate of drug-likeness (QED) is 0.881.